The standard InChI is InChI=1S/C12H13N3O2/c1-9-5-3-4-6-11(9)8-14-7-10(2)12(13-14)15(16)17/h3-7H,8H2,1-2H3. The van der Waals surface area contributed by atoms with Gasteiger partial charge in [-0.2, -0.15) is 4.68 Å². The molecule has 0 saturated carbocycles. The molecule has 1 aromatic carbocycles. The Morgan fingerprint density at radius 1 is 1.29 bits per heavy atom. The summed E-state index contributed by atoms with van der Waals surface area (Å²) in [4.78, 5) is 10.2. The molecule has 0 saturated heterocycles. The molecule has 5 heteroatoms. The van der Waals surface area contributed by atoms with E-state index in [0.717, 1.165) is 11.1 Å². The van der Waals surface area contributed by atoms with Crippen LogP contribution in [0, 0.1) is 24.0 Å². The first-order valence-corrected chi connectivity index (χ1v) is 5.31. The molecule has 2 aromatic rings. The van der Waals surface area contributed by atoms with Crippen molar-refractivity contribution >= 4 is 5.82 Å². The second kappa shape index (κ2) is 4.37. The third kappa shape index (κ3) is 2.33. The fourth-order valence-corrected chi connectivity index (χ4v) is 1.73. The number of hydrogen-bond donors (Lipinski definition) is 0. The Balaban J connectivity index is 2.28. The van der Waals surface area contributed by atoms with E-state index in [1.165, 1.54) is 0 Å². The van der Waals surface area contributed by atoms with Gasteiger partial charge in [0, 0.05) is 0 Å². The third-order valence-electron chi connectivity index (χ3n) is 2.69. The van der Waals surface area contributed by atoms with Gasteiger partial charge >= 0.3 is 5.82 Å². The van der Waals surface area contributed by atoms with Crippen LogP contribution in [0.2, 0.25) is 0 Å². The highest BCUT2D eigenvalue weighted by Gasteiger charge is 2.17. The predicted molar refractivity (Wildman–Crippen MR) is 63.9 cm³/mol. The summed E-state index contributed by atoms with van der Waals surface area (Å²) in [6.07, 6.45) is 1.70. The average molecular weight is 231 g/mol. The molecule has 0 amide bonds. The van der Waals surface area contributed by atoms with Crippen LogP contribution < -0.4 is 0 Å². The average Bonchev–Trinajstić information content (AvgIpc) is 2.63. The molecule has 1 heterocycles. The lowest BCUT2D eigenvalue weighted by Gasteiger charge is -2.02. The van der Waals surface area contributed by atoms with E-state index in [2.05, 4.69) is 5.10 Å². The van der Waals surface area contributed by atoms with Crippen LogP contribution >= 0.6 is 0 Å². The summed E-state index contributed by atoms with van der Waals surface area (Å²) in [5, 5.41) is 14.6. The molecule has 0 aliphatic carbocycles. The lowest BCUT2D eigenvalue weighted by Crippen LogP contribution is -2.02. The number of rotatable bonds is 3. The van der Waals surface area contributed by atoms with Crippen molar-refractivity contribution in [1.82, 2.24) is 9.78 Å². The molecule has 0 unspecified atom stereocenters. The second-order valence-electron chi connectivity index (χ2n) is 4.02. The smallest absolute Gasteiger partial charge is 0.358 e. The first kappa shape index (κ1) is 11.3. The van der Waals surface area contributed by atoms with Crippen LogP contribution in [0.1, 0.15) is 16.7 Å². The van der Waals surface area contributed by atoms with Crippen LogP contribution in [-0.2, 0) is 6.54 Å². The molecular weight excluding hydrogens is 218 g/mol. The van der Waals surface area contributed by atoms with E-state index in [1.54, 1.807) is 17.8 Å². The van der Waals surface area contributed by atoms with Gasteiger partial charge in [-0.3, -0.25) is 0 Å². The van der Waals surface area contributed by atoms with Crippen LogP contribution in [0.4, 0.5) is 5.82 Å². The van der Waals surface area contributed by atoms with E-state index in [4.69, 9.17) is 0 Å². The summed E-state index contributed by atoms with van der Waals surface area (Å²) < 4.78 is 1.61. The molecule has 88 valence electrons. The summed E-state index contributed by atoms with van der Waals surface area (Å²) in [6, 6.07) is 7.93. The maximum atomic E-state index is 10.7. The number of benzene rings is 1. The first-order valence-electron chi connectivity index (χ1n) is 5.31. The van der Waals surface area contributed by atoms with Crippen LogP contribution in [-0.4, -0.2) is 14.7 Å². The molecule has 0 spiro atoms. The molecule has 0 radical (unpaired) electrons. The van der Waals surface area contributed by atoms with Crippen molar-refractivity contribution < 1.29 is 4.92 Å². The quantitative estimate of drug-likeness (QED) is 0.602. The van der Waals surface area contributed by atoms with Crippen molar-refractivity contribution in [3.63, 3.8) is 0 Å². The molecule has 0 aliphatic heterocycles. The topological polar surface area (TPSA) is 61.0 Å². The van der Waals surface area contributed by atoms with E-state index < -0.39 is 4.92 Å². The van der Waals surface area contributed by atoms with Gasteiger partial charge in [0.1, 0.15) is 0 Å². The van der Waals surface area contributed by atoms with E-state index >= 15 is 0 Å². The molecule has 2 rings (SSSR count). The molecule has 0 N–H and O–H groups in total. The minimum Gasteiger partial charge on any atom is -0.358 e. The summed E-state index contributed by atoms with van der Waals surface area (Å²) >= 11 is 0. The van der Waals surface area contributed by atoms with Gasteiger partial charge in [-0.15, -0.1) is 0 Å². The van der Waals surface area contributed by atoms with Gasteiger partial charge < -0.3 is 10.1 Å². The minimum absolute atomic E-state index is 0.0708. The van der Waals surface area contributed by atoms with Gasteiger partial charge in [0.05, 0.1) is 23.4 Å². The maximum absolute atomic E-state index is 10.7. The summed E-state index contributed by atoms with van der Waals surface area (Å²) in [5.41, 5.74) is 2.86. The Morgan fingerprint density at radius 2 is 2.00 bits per heavy atom. The van der Waals surface area contributed by atoms with Gasteiger partial charge in [-0.1, -0.05) is 24.3 Å². The Morgan fingerprint density at radius 3 is 2.59 bits per heavy atom. The van der Waals surface area contributed by atoms with E-state index in [9.17, 15) is 10.1 Å². The number of hydrogen-bond acceptors (Lipinski definition) is 3. The highest BCUT2D eigenvalue weighted by atomic mass is 16.6. The fourth-order valence-electron chi connectivity index (χ4n) is 1.73. The van der Waals surface area contributed by atoms with Gasteiger partial charge in [-0.25, -0.2) is 0 Å². The second-order valence-corrected chi connectivity index (χ2v) is 4.02. The van der Waals surface area contributed by atoms with Crippen molar-refractivity contribution in [2.45, 2.75) is 20.4 Å². The number of nitrogens with zero attached hydrogens (tertiary/aromatic N) is 3. The van der Waals surface area contributed by atoms with Crippen molar-refractivity contribution in [1.29, 1.82) is 0 Å². The zero-order chi connectivity index (χ0) is 12.4. The van der Waals surface area contributed by atoms with Gasteiger partial charge in [0.15, 0.2) is 0 Å². The normalized spacial score (nSPS) is 10.5. The molecule has 5 nitrogen and oxygen atoms in total. The Kier molecular flexibility index (Phi) is 2.91. The van der Waals surface area contributed by atoms with Gasteiger partial charge in [0.2, 0.25) is 0 Å². The highest BCUT2D eigenvalue weighted by molar-refractivity contribution is 5.30. The lowest BCUT2D eigenvalue weighted by atomic mass is 10.1. The van der Waals surface area contributed by atoms with E-state index in [-0.39, 0.29) is 5.82 Å². The summed E-state index contributed by atoms with van der Waals surface area (Å²) in [5.74, 6) is -0.0708. The van der Waals surface area contributed by atoms with Crippen LogP contribution in [0.3, 0.4) is 0 Å². The van der Waals surface area contributed by atoms with Crippen molar-refractivity contribution in [2.75, 3.05) is 0 Å². The number of nitro groups is 1. The summed E-state index contributed by atoms with van der Waals surface area (Å²) in [6.45, 7) is 4.26. The van der Waals surface area contributed by atoms with Crippen LogP contribution in [0.25, 0.3) is 0 Å². The van der Waals surface area contributed by atoms with Gasteiger partial charge in [0.25, 0.3) is 0 Å². The molecule has 0 bridgehead atoms. The maximum Gasteiger partial charge on any atom is 0.392 e. The highest BCUT2D eigenvalue weighted by Crippen LogP contribution is 2.16. The lowest BCUT2D eigenvalue weighted by molar-refractivity contribution is -0.390. The van der Waals surface area contributed by atoms with Crippen molar-refractivity contribution in [2.24, 2.45) is 0 Å². The van der Waals surface area contributed by atoms with E-state index in [0.29, 0.717) is 12.1 Å². The summed E-state index contributed by atoms with van der Waals surface area (Å²) in [7, 11) is 0. The molecule has 1 aromatic heterocycles. The van der Waals surface area contributed by atoms with Crippen LogP contribution in [0.5, 0.6) is 0 Å². The predicted octanol–water partition coefficient (Wildman–Crippen LogP) is 2.46. The SMILES string of the molecule is Cc1ccccc1Cn1cc(C)c([N+](=O)[O-])n1. The fraction of sp³-hybridized carbons (Fsp3) is 0.250. The molecule has 17 heavy (non-hydrogen) atoms. The molecule has 0 atom stereocenters. The zero-order valence-corrected chi connectivity index (χ0v) is 9.75. The molecular formula is C12H13N3O2. The monoisotopic (exact) mass is 231 g/mol. The van der Waals surface area contributed by atoms with E-state index in [1.807, 2.05) is 31.2 Å². The van der Waals surface area contributed by atoms with Crippen molar-refractivity contribution in [3.05, 3.63) is 57.3 Å². The van der Waals surface area contributed by atoms with Gasteiger partial charge in [-0.05, 0) is 29.9 Å². The Bertz CT molecular complexity index is 561. The molecule has 0 aliphatic rings. The Hall–Kier alpha value is -2.17. The van der Waals surface area contributed by atoms with Crippen molar-refractivity contribution in [3.8, 4) is 0 Å². The largest absolute Gasteiger partial charge is 0.392 e. The first-order chi connectivity index (χ1) is 8.08. The number of aryl methyl sites for hydroxylation is 2. The Labute approximate surface area is 98.8 Å². The van der Waals surface area contributed by atoms with Crippen LogP contribution in [0.15, 0.2) is 30.5 Å². The third-order valence-corrected chi connectivity index (χ3v) is 2.69. The molecule has 0 fully saturated rings. The number of aromatic nitrogens is 2. The zero-order valence-electron chi connectivity index (χ0n) is 9.75. The minimum atomic E-state index is -0.455.